The molecular formula is C25H21F3N2O2. The average Bonchev–Trinajstić information content (AvgIpc) is 3.10. The molecule has 4 rings (SSSR count). The number of carbonyl (C=O) groups excluding carboxylic acids is 1. The van der Waals surface area contributed by atoms with Gasteiger partial charge in [0.1, 0.15) is 11.5 Å². The van der Waals surface area contributed by atoms with Gasteiger partial charge in [-0.3, -0.25) is 14.7 Å². The van der Waals surface area contributed by atoms with Crippen molar-refractivity contribution in [1.82, 2.24) is 0 Å². The quantitative estimate of drug-likeness (QED) is 0.471. The number of carbonyl (C=O) groups is 1. The van der Waals surface area contributed by atoms with E-state index >= 15 is 0 Å². The smallest absolute Gasteiger partial charge is 0.406 e. The fraction of sp³-hybridized carbons (Fsp3) is 0.200. The number of alkyl halides is 3. The Labute approximate surface area is 184 Å². The van der Waals surface area contributed by atoms with Crippen molar-refractivity contribution in [3.8, 4) is 5.75 Å². The molecule has 0 N–H and O–H groups in total. The minimum absolute atomic E-state index is 0.230. The zero-order valence-electron chi connectivity index (χ0n) is 17.3. The topological polar surface area (TPSA) is 41.9 Å². The lowest BCUT2D eigenvalue weighted by atomic mass is 10.0. The third-order valence-electron chi connectivity index (χ3n) is 5.31. The molecule has 0 saturated carbocycles. The second kappa shape index (κ2) is 8.86. The van der Waals surface area contributed by atoms with Crippen LogP contribution in [-0.2, 0) is 4.79 Å². The fourth-order valence-electron chi connectivity index (χ4n) is 3.86. The molecule has 0 radical (unpaired) electrons. The Bertz CT molecular complexity index is 1110. The van der Waals surface area contributed by atoms with Gasteiger partial charge < -0.3 is 4.74 Å². The van der Waals surface area contributed by atoms with Gasteiger partial charge in [-0.25, -0.2) is 0 Å². The van der Waals surface area contributed by atoms with E-state index in [1.807, 2.05) is 55.5 Å². The fourth-order valence-corrected chi connectivity index (χ4v) is 3.86. The SMILES string of the molecule is C[C@@H](N=C1C[C@@H](c2cccc(OC(F)(F)F)c2)N(c2ccccc2)C1=O)c1ccccc1. The molecule has 0 unspecified atom stereocenters. The van der Waals surface area contributed by atoms with E-state index in [1.54, 1.807) is 23.1 Å². The molecule has 3 aromatic carbocycles. The molecule has 1 aliphatic rings. The second-order valence-electron chi connectivity index (χ2n) is 7.51. The Balaban J connectivity index is 1.71. The number of amides is 1. The van der Waals surface area contributed by atoms with E-state index in [4.69, 9.17) is 0 Å². The van der Waals surface area contributed by atoms with Gasteiger partial charge in [0, 0.05) is 12.1 Å². The van der Waals surface area contributed by atoms with Gasteiger partial charge in [0.25, 0.3) is 5.91 Å². The minimum atomic E-state index is -4.79. The number of aliphatic imine (C=N–C) groups is 1. The van der Waals surface area contributed by atoms with Crippen molar-refractivity contribution in [3.05, 3.63) is 96.1 Å². The third-order valence-corrected chi connectivity index (χ3v) is 5.31. The maximum Gasteiger partial charge on any atom is 0.573 e. The zero-order chi connectivity index (χ0) is 22.7. The first-order valence-corrected chi connectivity index (χ1v) is 10.2. The van der Waals surface area contributed by atoms with Crippen LogP contribution in [0.4, 0.5) is 18.9 Å². The zero-order valence-corrected chi connectivity index (χ0v) is 17.3. The summed E-state index contributed by atoms with van der Waals surface area (Å²) in [7, 11) is 0. The highest BCUT2D eigenvalue weighted by atomic mass is 19.4. The number of rotatable bonds is 5. The van der Waals surface area contributed by atoms with Crippen LogP contribution in [0.3, 0.4) is 0 Å². The lowest BCUT2D eigenvalue weighted by Gasteiger charge is -2.25. The van der Waals surface area contributed by atoms with Crippen molar-refractivity contribution in [2.75, 3.05) is 4.90 Å². The maximum absolute atomic E-state index is 13.4. The molecule has 4 nitrogen and oxygen atoms in total. The summed E-state index contributed by atoms with van der Waals surface area (Å²) < 4.78 is 42.2. The van der Waals surface area contributed by atoms with E-state index in [0.29, 0.717) is 17.0 Å². The summed E-state index contributed by atoms with van der Waals surface area (Å²) in [6.45, 7) is 1.91. The number of nitrogens with zero attached hydrogens (tertiary/aromatic N) is 2. The van der Waals surface area contributed by atoms with Gasteiger partial charge in [-0.2, -0.15) is 0 Å². The van der Waals surface area contributed by atoms with Crippen LogP contribution in [0.25, 0.3) is 0 Å². The van der Waals surface area contributed by atoms with Crippen molar-refractivity contribution in [2.45, 2.75) is 31.8 Å². The number of hydrogen-bond donors (Lipinski definition) is 0. The van der Waals surface area contributed by atoms with Crippen LogP contribution in [-0.4, -0.2) is 18.0 Å². The summed E-state index contributed by atoms with van der Waals surface area (Å²) in [4.78, 5) is 19.6. The van der Waals surface area contributed by atoms with Gasteiger partial charge in [0.15, 0.2) is 0 Å². The van der Waals surface area contributed by atoms with Crippen LogP contribution in [0.2, 0.25) is 0 Å². The lowest BCUT2D eigenvalue weighted by molar-refractivity contribution is -0.274. The first kappa shape index (κ1) is 21.6. The molecule has 1 amide bonds. The molecule has 3 aromatic rings. The molecule has 7 heteroatoms. The van der Waals surface area contributed by atoms with Gasteiger partial charge in [-0.15, -0.1) is 13.2 Å². The van der Waals surface area contributed by atoms with Gasteiger partial charge in [-0.1, -0.05) is 60.7 Å². The highest BCUT2D eigenvalue weighted by Gasteiger charge is 2.39. The van der Waals surface area contributed by atoms with Gasteiger partial charge in [0.05, 0.1) is 12.1 Å². The largest absolute Gasteiger partial charge is 0.573 e. The Morgan fingerprint density at radius 3 is 2.28 bits per heavy atom. The molecule has 32 heavy (non-hydrogen) atoms. The molecule has 2 atom stereocenters. The van der Waals surface area contributed by atoms with Gasteiger partial charge in [0.2, 0.25) is 0 Å². The molecule has 0 spiro atoms. The Morgan fingerprint density at radius 1 is 0.969 bits per heavy atom. The maximum atomic E-state index is 13.4. The molecule has 1 aliphatic heterocycles. The number of benzene rings is 3. The molecule has 0 aromatic heterocycles. The molecule has 164 valence electrons. The predicted molar refractivity (Wildman–Crippen MR) is 117 cm³/mol. The minimum Gasteiger partial charge on any atom is -0.406 e. The van der Waals surface area contributed by atoms with E-state index in [9.17, 15) is 18.0 Å². The number of para-hydroxylation sites is 1. The number of hydrogen-bond acceptors (Lipinski definition) is 3. The summed E-state index contributed by atoms with van der Waals surface area (Å²) in [5.74, 6) is -0.579. The summed E-state index contributed by atoms with van der Waals surface area (Å²) in [5.41, 5.74) is 2.56. The second-order valence-corrected chi connectivity index (χ2v) is 7.51. The molecule has 1 saturated heterocycles. The number of ether oxygens (including phenoxy) is 1. The Kier molecular flexibility index (Phi) is 5.99. The molecule has 1 heterocycles. The molecular weight excluding hydrogens is 417 g/mol. The molecule has 0 bridgehead atoms. The van der Waals surface area contributed by atoms with Gasteiger partial charge in [-0.05, 0) is 42.3 Å². The van der Waals surface area contributed by atoms with Gasteiger partial charge >= 0.3 is 6.36 Å². The van der Waals surface area contributed by atoms with Crippen LogP contribution in [0.1, 0.15) is 36.6 Å². The first-order chi connectivity index (χ1) is 15.3. The standard InChI is InChI=1S/C25H21F3N2O2/c1-17(18-9-4-2-5-10-18)29-22-16-23(30(24(22)31)20-12-6-3-7-13-20)19-11-8-14-21(15-19)32-25(26,27)28/h2-15,17,23H,16H2,1H3/t17-,23+/m1/s1. The van der Waals surface area contributed by atoms with Crippen molar-refractivity contribution in [1.29, 1.82) is 0 Å². The van der Waals surface area contributed by atoms with E-state index in [2.05, 4.69) is 9.73 Å². The Hall–Kier alpha value is -3.61. The summed E-state index contributed by atoms with van der Waals surface area (Å²) in [6.07, 6.45) is -4.51. The Morgan fingerprint density at radius 2 is 1.62 bits per heavy atom. The number of halogens is 3. The van der Waals surface area contributed by atoms with Crippen molar-refractivity contribution < 1.29 is 22.7 Å². The van der Waals surface area contributed by atoms with Crippen LogP contribution in [0, 0.1) is 0 Å². The lowest BCUT2D eigenvalue weighted by Crippen LogP contribution is -2.29. The highest BCUT2D eigenvalue weighted by molar-refractivity contribution is 6.46. The van der Waals surface area contributed by atoms with Crippen LogP contribution in [0.15, 0.2) is 89.9 Å². The van der Waals surface area contributed by atoms with E-state index in [-0.39, 0.29) is 24.1 Å². The van der Waals surface area contributed by atoms with Crippen molar-refractivity contribution in [3.63, 3.8) is 0 Å². The predicted octanol–water partition coefficient (Wildman–Crippen LogP) is 6.27. The normalized spacial score (nSPS) is 18.8. The van der Waals surface area contributed by atoms with Crippen LogP contribution in [0.5, 0.6) is 5.75 Å². The molecule has 1 fully saturated rings. The van der Waals surface area contributed by atoms with Crippen LogP contribution >= 0.6 is 0 Å². The highest BCUT2D eigenvalue weighted by Crippen LogP contribution is 2.38. The van der Waals surface area contributed by atoms with Crippen molar-refractivity contribution >= 4 is 17.3 Å². The monoisotopic (exact) mass is 438 g/mol. The van der Waals surface area contributed by atoms with E-state index < -0.39 is 12.4 Å². The summed E-state index contributed by atoms with van der Waals surface area (Å²) in [6, 6.07) is 23.7. The number of anilines is 1. The third kappa shape index (κ3) is 4.82. The average molecular weight is 438 g/mol. The summed E-state index contributed by atoms with van der Waals surface area (Å²) >= 11 is 0. The summed E-state index contributed by atoms with van der Waals surface area (Å²) in [5, 5.41) is 0. The van der Waals surface area contributed by atoms with Crippen molar-refractivity contribution in [2.24, 2.45) is 4.99 Å². The van der Waals surface area contributed by atoms with E-state index in [0.717, 1.165) is 5.56 Å². The van der Waals surface area contributed by atoms with E-state index in [1.165, 1.54) is 18.2 Å². The molecule has 0 aliphatic carbocycles. The van der Waals surface area contributed by atoms with Crippen LogP contribution < -0.4 is 9.64 Å². The first-order valence-electron chi connectivity index (χ1n) is 10.2.